The summed E-state index contributed by atoms with van der Waals surface area (Å²) in [5.74, 6) is 1.47. The lowest BCUT2D eigenvalue weighted by Gasteiger charge is -2.33. The van der Waals surface area contributed by atoms with Crippen LogP contribution in [-0.2, 0) is 0 Å². The average molecular weight is 288 g/mol. The number of rotatable bonds is 7. The maximum atomic E-state index is 6.06. The summed E-state index contributed by atoms with van der Waals surface area (Å²) in [5, 5.41) is 0. The van der Waals surface area contributed by atoms with E-state index < -0.39 is 0 Å². The molecule has 21 heavy (non-hydrogen) atoms. The van der Waals surface area contributed by atoms with Crippen molar-refractivity contribution in [3.63, 3.8) is 0 Å². The molecule has 0 saturated heterocycles. The third-order valence-corrected chi connectivity index (χ3v) is 5.16. The zero-order valence-electron chi connectivity index (χ0n) is 13.8. The molecule has 0 heterocycles. The van der Waals surface area contributed by atoms with E-state index in [1.54, 1.807) is 0 Å². The van der Waals surface area contributed by atoms with Crippen molar-refractivity contribution in [1.82, 2.24) is 4.90 Å². The second kappa shape index (κ2) is 8.55. The summed E-state index contributed by atoms with van der Waals surface area (Å²) in [6.45, 7) is 4.32. The van der Waals surface area contributed by atoms with E-state index in [0.717, 1.165) is 18.9 Å². The molecule has 118 valence electrons. The van der Waals surface area contributed by atoms with Crippen LogP contribution >= 0.6 is 0 Å². The van der Waals surface area contributed by atoms with Crippen LogP contribution < -0.4 is 5.73 Å². The van der Waals surface area contributed by atoms with Gasteiger partial charge in [0.25, 0.3) is 0 Å². The fourth-order valence-electron chi connectivity index (χ4n) is 3.71. The van der Waals surface area contributed by atoms with Crippen molar-refractivity contribution in [1.29, 1.82) is 0 Å². The lowest BCUT2D eigenvalue weighted by atomic mass is 9.88. The Balaban J connectivity index is 1.86. The van der Waals surface area contributed by atoms with Gasteiger partial charge in [-0.1, -0.05) is 56.5 Å². The van der Waals surface area contributed by atoms with Crippen molar-refractivity contribution in [2.45, 2.75) is 57.4 Å². The fraction of sp³-hybridized carbons (Fsp3) is 0.684. The summed E-state index contributed by atoms with van der Waals surface area (Å²) in [4.78, 5) is 2.52. The molecule has 0 aliphatic heterocycles. The Kier molecular flexibility index (Phi) is 6.72. The molecule has 1 saturated carbocycles. The van der Waals surface area contributed by atoms with E-state index in [4.69, 9.17) is 5.73 Å². The zero-order chi connectivity index (χ0) is 15.1. The number of nitrogens with zero attached hydrogens (tertiary/aromatic N) is 1. The maximum Gasteiger partial charge on any atom is 0.0221 e. The van der Waals surface area contributed by atoms with Crippen LogP contribution in [0.3, 0.4) is 0 Å². The molecule has 2 nitrogen and oxygen atoms in total. The van der Waals surface area contributed by atoms with Crippen molar-refractivity contribution in [3.8, 4) is 0 Å². The highest BCUT2D eigenvalue weighted by Crippen LogP contribution is 2.26. The largest absolute Gasteiger partial charge is 0.329 e. The molecule has 0 radical (unpaired) electrons. The Morgan fingerprint density at radius 2 is 1.81 bits per heavy atom. The first-order valence-corrected chi connectivity index (χ1v) is 8.66. The lowest BCUT2D eigenvalue weighted by molar-refractivity contribution is 0.173. The van der Waals surface area contributed by atoms with Crippen LogP contribution in [0.15, 0.2) is 30.3 Å². The van der Waals surface area contributed by atoms with Crippen LogP contribution in [0.5, 0.6) is 0 Å². The van der Waals surface area contributed by atoms with E-state index >= 15 is 0 Å². The standard InChI is InChI=1S/C19H32N2/c1-16(18-11-7-4-8-12-18)13-19(14-20)21(2)15-17-9-5-3-6-10-17/h4,7-8,11-12,16-17,19H,3,5-6,9-10,13-15,20H2,1-2H3. The van der Waals surface area contributed by atoms with Gasteiger partial charge >= 0.3 is 0 Å². The van der Waals surface area contributed by atoms with Crippen molar-refractivity contribution < 1.29 is 0 Å². The van der Waals surface area contributed by atoms with Gasteiger partial charge in [0.15, 0.2) is 0 Å². The van der Waals surface area contributed by atoms with E-state index in [0.29, 0.717) is 12.0 Å². The summed E-state index contributed by atoms with van der Waals surface area (Å²) in [7, 11) is 2.27. The Morgan fingerprint density at radius 1 is 1.14 bits per heavy atom. The second-order valence-electron chi connectivity index (χ2n) is 6.88. The van der Waals surface area contributed by atoms with Gasteiger partial charge in [0.2, 0.25) is 0 Å². The van der Waals surface area contributed by atoms with Gasteiger partial charge in [-0.3, -0.25) is 0 Å². The number of hydrogen-bond donors (Lipinski definition) is 1. The summed E-state index contributed by atoms with van der Waals surface area (Å²) in [5.41, 5.74) is 7.50. The molecule has 1 aliphatic carbocycles. The van der Waals surface area contributed by atoms with Crippen molar-refractivity contribution in [2.24, 2.45) is 11.7 Å². The highest BCUT2D eigenvalue weighted by molar-refractivity contribution is 5.18. The molecule has 2 rings (SSSR count). The quantitative estimate of drug-likeness (QED) is 0.821. The van der Waals surface area contributed by atoms with Crippen molar-refractivity contribution in [3.05, 3.63) is 35.9 Å². The van der Waals surface area contributed by atoms with Crippen LogP contribution in [0.25, 0.3) is 0 Å². The van der Waals surface area contributed by atoms with Crippen molar-refractivity contribution in [2.75, 3.05) is 20.1 Å². The zero-order valence-corrected chi connectivity index (χ0v) is 13.8. The van der Waals surface area contributed by atoms with Crippen molar-refractivity contribution >= 4 is 0 Å². The van der Waals surface area contributed by atoms with Gasteiger partial charge in [-0.15, -0.1) is 0 Å². The molecule has 1 aromatic rings. The minimum absolute atomic E-state index is 0.502. The molecule has 0 bridgehead atoms. The SMILES string of the molecule is CC(CC(CN)N(C)CC1CCCCC1)c1ccccc1. The van der Waals surface area contributed by atoms with Gasteiger partial charge < -0.3 is 10.6 Å². The first kappa shape index (κ1) is 16.5. The minimum atomic E-state index is 0.502. The lowest BCUT2D eigenvalue weighted by Crippen LogP contribution is -2.41. The second-order valence-corrected chi connectivity index (χ2v) is 6.88. The van der Waals surface area contributed by atoms with Gasteiger partial charge in [0, 0.05) is 19.1 Å². The van der Waals surface area contributed by atoms with E-state index in [-0.39, 0.29) is 0 Å². The van der Waals surface area contributed by atoms with E-state index in [1.165, 1.54) is 44.2 Å². The van der Waals surface area contributed by atoms with Crippen LogP contribution in [0.2, 0.25) is 0 Å². The summed E-state index contributed by atoms with van der Waals surface area (Å²) >= 11 is 0. The van der Waals surface area contributed by atoms with Crippen LogP contribution in [-0.4, -0.2) is 31.1 Å². The van der Waals surface area contributed by atoms with Gasteiger partial charge in [0.05, 0.1) is 0 Å². The Hall–Kier alpha value is -0.860. The third kappa shape index (κ3) is 5.12. The Bertz CT molecular complexity index is 384. The Morgan fingerprint density at radius 3 is 2.43 bits per heavy atom. The van der Waals surface area contributed by atoms with Gasteiger partial charge in [-0.05, 0) is 43.7 Å². The molecule has 0 aromatic heterocycles. The third-order valence-electron chi connectivity index (χ3n) is 5.16. The van der Waals surface area contributed by atoms with Gasteiger partial charge in [-0.25, -0.2) is 0 Å². The summed E-state index contributed by atoms with van der Waals surface area (Å²) in [6.07, 6.45) is 8.26. The monoisotopic (exact) mass is 288 g/mol. The van der Waals surface area contributed by atoms with Gasteiger partial charge in [-0.2, -0.15) is 0 Å². The van der Waals surface area contributed by atoms with Crippen LogP contribution in [0.4, 0.5) is 0 Å². The molecule has 1 aromatic carbocycles. The highest BCUT2D eigenvalue weighted by Gasteiger charge is 2.21. The molecule has 2 atom stereocenters. The van der Waals surface area contributed by atoms with E-state index in [9.17, 15) is 0 Å². The topological polar surface area (TPSA) is 29.3 Å². The fourth-order valence-corrected chi connectivity index (χ4v) is 3.71. The summed E-state index contributed by atoms with van der Waals surface area (Å²) < 4.78 is 0. The molecular formula is C19H32N2. The van der Waals surface area contributed by atoms with Crippen LogP contribution in [0.1, 0.15) is 56.9 Å². The van der Waals surface area contributed by atoms with Crippen LogP contribution in [0, 0.1) is 5.92 Å². The molecular weight excluding hydrogens is 256 g/mol. The molecule has 2 heteroatoms. The van der Waals surface area contributed by atoms with E-state index in [2.05, 4.69) is 49.2 Å². The molecule has 1 fully saturated rings. The number of benzene rings is 1. The predicted molar refractivity (Wildman–Crippen MR) is 91.5 cm³/mol. The molecule has 1 aliphatic rings. The average Bonchev–Trinajstić information content (AvgIpc) is 2.54. The molecule has 2 N–H and O–H groups in total. The van der Waals surface area contributed by atoms with Gasteiger partial charge in [0.1, 0.15) is 0 Å². The number of likely N-dealkylation sites (N-methyl/N-ethyl adjacent to an activating group) is 1. The normalized spacial score (nSPS) is 19.6. The minimum Gasteiger partial charge on any atom is -0.329 e. The van der Waals surface area contributed by atoms with E-state index in [1.807, 2.05) is 0 Å². The number of nitrogens with two attached hydrogens (primary N) is 1. The predicted octanol–water partition coefficient (Wildman–Crippen LogP) is 4.02. The summed E-state index contributed by atoms with van der Waals surface area (Å²) in [6, 6.07) is 11.3. The molecule has 0 amide bonds. The number of hydrogen-bond acceptors (Lipinski definition) is 2. The molecule has 2 unspecified atom stereocenters. The first-order valence-electron chi connectivity index (χ1n) is 8.66. The Labute approximate surface area is 130 Å². The highest BCUT2D eigenvalue weighted by atomic mass is 15.1. The first-order chi connectivity index (χ1) is 10.2. The smallest absolute Gasteiger partial charge is 0.0221 e. The maximum absolute atomic E-state index is 6.06. The molecule has 0 spiro atoms.